The van der Waals surface area contributed by atoms with Crippen LogP contribution >= 0.6 is 0 Å². The van der Waals surface area contributed by atoms with Gasteiger partial charge in [0.15, 0.2) is 11.5 Å². The van der Waals surface area contributed by atoms with Gasteiger partial charge in [-0.25, -0.2) is 9.97 Å². The fourth-order valence-corrected chi connectivity index (χ4v) is 2.14. The van der Waals surface area contributed by atoms with Gasteiger partial charge in [-0.05, 0) is 6.42 Å². The second kappa shape index (κ2) is 8.72. The fraction of sp³-hybridized carbons (Fsp3) is 0.353. The standard InChI is InChI=1S/C17H22N4O4/c1-5-6-18-17(22)12-9-20-15(10-19-12)21-11-7-13(23-2)16(25-4)14(8-11)24-3/h7-10H,5-6H2,1-4H3,(H,18,22)(H,20,21). The lowest BCUT2D eigenvalue weighted by molar-refractivity contribution is 0.0948. The zero-order valence-electron chi connectivity index (χ0n) is 14.8. The molecule has 1 aromatic heterocycles. The summed E-state index contributed by atoms with van der Waals surface area (Å²) in [6.45, 7) is 2.59. The first-order valence-corrected chi connectivity index (χ1v) is 7.80. The molecule has 8 nitrogen and oxygen atoms in total. The molecule has 1 heterocycles. The summed E-state index contributed by atoms with van der Waals surface area (Å²) in [7, 11) is 4.64. The number of amides is 1. The number of rotatable bonds is 8. The molecule has 25 heavy (non-hydrogen) atoms. The number of nitrogens with one attached hydrogen (secondary N) is 2. The van der Waals surface area contributed by atoms with E-state index in [0.717, 1.165) is 6.42 Å². The van der Waals surface area contributed by atoms with E-state index in [1.165, 1.54) is 12.4 Å². The molecular weight excluding hydrogens is 324 g/mol. The topological polar surface area (TPSA) is 94.6 Å². The van der Waals surface area contributed by atoms with Gasteiger partial charge in [0.1, 0.15) is 11.5 Å². The van der Waals surface area contributed by atoms with Gasteiger partial charge >= 0.3 is 0 Å². The Morgan fingerprint density at radius 1 is 1.04 bits per heavy atom. The Kier molecular flexibility index (Phi) is 6.39. The van der Waals surface area contributed by atoms with E-state index < -0.39 is 0 Å². The van der Waals surface area contributed by atoms with Crippen molar-refractivity contribution in [3.8, 4) is 17.2 Å². The third-order valence-electron chi connectivity index (χ3n) is 3.36. The van der Waals surface area contributed by atoms with Crippen LogP contribution in [-0.2, 0) is 0 Å². The third-order valence-corrected chi connectivity index (χ3v) is 3.36. The van der Waals surface area contributed by atoms with Gasteiger partial charge in [-0.3, -0.25) is 4.79 Å². The predicted molar refractivity (Wildman–Crippen MR) is 94.0 cm³/mol. The normalized spacial score (nSPS) is 10.1. The van der Waals surface area contributed by atoms with Crippen molar-refractivity contribution in [3.05, 3.63) is 30.2 Å². The first kappa shape index (κ1) is 18.3. The summed E-state index contributed by atoms with van der Waals surface area (Å²) in [6, 6.07) is 3.51. The Labute approximate surface area is 146 Å². The second-order valence-corrected chi connectivity index (χ2v) is 5.08. The van der Waals surface area contributed by atoms with E-state index in [2.05, 4.69) is 20.6 Å². The van der Waals surface area contributed by atoms with Crippen molar-refractivity contribution >= 4 is 17.4 Å². The van der Waals surface area contributed by atoms with Gasteiger partial charge in [-0.15, -0.1) is 0 Å². The molecule has 0 radical (unpaired) electrons. The molecule has 0 unspecified atom stereocenters. The van der Waals surface area contributed by atoms with Crippen molar-refractivity contribution in [1.29, 1.82) is 0 Å². The van der Waals surface area contributed by atoms with Crippen molar-refractivity contribution < 1.29 is 19.0 Å². The summed E-state index contributed by atoms with van der Waals surface area (Å²) in [5.74, 6) is 1.79. The van der Waals surface area contributed by atoms with E-state index in [4.69, 9.17) is 14.2 Å². The van der Waals surface area contributed by atoms with E-state index >= 15 is 0 Å². The summed E-state index contributed by atoms with van der Waals surface area (Å²) in [5.41, 5.74) is 0.955. The lowest BCUT2D eigenvalue weighted by Crippen LogP contribution is -2.25. The SMILES string of the molecule is CCCNC(=O)c1cnc(Nc2cc(OC)c(OC)c(OC)c2)cn1. The molecule has 1 aromatic carbocycles. The van der Waals surface area contributed by atoms with E-state index in [-0.39, 0.29) is 11.6 Å². The Hall–Kier alpha value is -3.03. The maximum Gasteiger partial charge on any atom is 0.271 e. The number of benzene rings is 1. The van der Waals surface area contributed by atoms with E-state index in [0.29, 0.717) is 35.3 Å². The van der Waals surface area contributed by atoms with Crippen LogP contribution in [0.25, 0.3) is 0 Å². The van der Waals surface area contributed by atoms with Crippen molar-refractivity contribution in [1.82, 2.24) is 15.3 Å². The number of anilines is 2. The Morgan fingerprint density at radius 3 is 2.20 bits per heavy atom. The third kappa shape index (κ3) is 4.50. The molecule has 0 atom stereocenters. The molecule has 0 aliphatic heterocycles. The first-order chi connectivity index (χ1) is 12.1. The smallest absolute Gasteiger partial charge is 0.271 e. The molecule has 0 aliphatic carbocycles. The molecule has 2 N–H and O–H groups in total. The number of hydrogen-bond acceptors (Lipinski definition) is 7. The Balaban J connectivity index is 2.18. The minimum absolute atomic E-state index is 0.242. The minimum atomic E-state index is -0.242. The van der Waals surface area contributed by atoms with Crippen molar-refractivity contribution in [2.45, 2.75) is 13.3 Å². The number of carbonyl (C=O) groups is 1. The number of carbonyl (C=O) groups excluding carboxylic acids is 1. The first-order valence-electron chi connectivity index (χ1n) is 7.80. The molecule has 0 bridgehead atoms. The lowest BCUT2D eigenvalue weighted by Gasteiger charge is -2.14. The molecule has 2 rings (SSSR count). The maximum atomic E-state index is 11.8. The van der Waals surface area contributed by atoms with E-state index in [1.54, 1.807) is 33.5 Å². The molecule has 1 amide bonds. The largest absolute Gasteiger partial charge is 0.493 e. The summed E-state index contributed by atoms with van der Waals surface area (Å²) in [5, 5.41) is 5.84. The number of methoxy groups -OCH3 is 3. The summed E-state index contributed by atoms with van der Waals surface area (Å²) in [4.78, 5) is 20.2. The van der Waals surface area contributed by atoms with Crippen molar-refractivity contribution in [2.75, 3.05) is 33.2 Å². The summed E-state index contributed by atoms with van der Waals surface area (Å²) in [6.07, 6.45) is 3.77. The molecule has 0 fully saturated rings. The van der Waals surface area contributed by atoms with Crippen LogP contribution in [0.2, 0.25) is 0 Å². The highest BCUT2D eigenvalue weighted by molar-refractivity contribution is 5.92. The van der Waals surface area contributed by atoms with Crippen LogP contribution in [0, 0.1) is 0 Å². The summed E-state index contributed by atoms with van der Waals surface area (Å²) < 4.78 is 15.9. The molecule has 2 aromatic rings. The van der Waals surface area contributed by atoms with Gasteiger partial charge < -0.3 is 24.8 Å². The van der Waals surface area contributed by atoms with Crippen LogP contribution in [0.4, 0.5) is 11.5 Å². The van der Waals surface area contributed by atoms with Gasteiger partial charge in [-0.1, -0.05) is 6.92 Å². The zero-order chi connectivity index (χ0) is 18.2. The van der Waals surface area contributed by atoms with Crippen LogP contribution in [0.15, 0.2) is 24.5 Å². The molecule has 0 aliphatic rings. The van der Waals surface area contributed by atoms with Crippen LogP contribution in [0.5, 0.6) is 17.2 Å². The molecule has 0 saturated carbocycles. The maximum absolute atomic E-state index is 11.8. The highest BCUT2D eigenvalue weighted by atomic mass is 16.5. The Morgan fingerprint density at radius 2 is 1.72 bits per heavy atom. The van der Waals surface area contributed by atoms with E-state index in [1.807, 2.05) is 6.92 Å². The molecule has 0 spiro atoms. The van der Waals surface area contributed by atoms with Gasteiger partial charge in [0.25, 0.3) is 5.91 Å². The van der Waals surface area contributed by atoms with Crippen LogP contribution < -0.4 is 24.8 Å². The van der Waals surface area contributed by atoms with Gasteiger partial charge in [-0.2, -0.15) is 0 Å². The minimum Gasteiger partial charge on any atom is -0.493 e. The fourth-order valence-electron chi connectivity index (χ4n) is 2.14. The number of hydrogen-bond donors (Lipinski definition) is 2. The van der Waals surface area contributed by atoms with Crippen LogP contribution in [0.3, 0.4) is 0 Å². The number of aromatic nitrogens is 2. The predicted octanol–water partition coefficient (Wildman–Crippen LogP) is 2.39. The van der Waals surface area contributed by atoms with Gasteiger partial charge in [0.05, 0.1) is 33.7 Å². The van der Waals surface area contributed by atoms with Crippen LogP contribution in [0.1, 0.15) is 23.8 Å². The number of nitrogens with zero attached hydrogens (tertiary/aromatic N) is 2. The van der Waals surface area contributed by atoms with E-state index in [9.17, 15) is 4.79 Å². The van der Waals surface area contributed by atoms with Crippen molar-refractivity contribution in [3.63, 3.8) is 0 Å². The van der Waals surface area contributed by atoms with Gasteiger partial charge in [0.2, 0.25) is 5.75 Å². The average Bonchev–Trinajstić information content (AvgIpc) is 2.65. The second-order valence-electron chi connectivity index (χ2n) is 5.08. The van der Waals surface area contributed by atoms with Crippen molar-refractivity contribution in [2.24, 2.45) is 0 Å². The molecule has 8 heteroatoms. The summed E-state index contributed by atoms with van der Waals surface area (Å²) >= 11 is 0. The Bertz CT molecular complexity index is 694. The van der Waals surface area contributed by atoms with Crippen LogP contribution in [-0.4, -0.2) is 43.7 Å². The quantitative estimate of drug-likeness (QED) is 0.758. The number of ether oxygens (including phenoxy) is 3. The highest BCUT2D eigenvalue weighted by Crippen LogP contribution is 2.40. The monoisotopic (exact) mass is 346 g/mol. The molecule has 0 saturated heterocycles. The zero-order valence-corrected chi connectivity index (χ0v) is 14.8. The lowest BCUT2D eigenvalue weighted by atomic mass is 10.2. The molecular formula is C17H22N4O4. The highest BCUT2D eigenvalue weighted by Gasteiger charge is 2.14. The average molecular weight is 346 g/mol. The molecule has 134 valence electrons. The van der Waals surface area contributed by atoms with Gasteiger partial charge in [0, 0.05) is 24.4 Å².